The molecule has 1 saturated heterocycles. The number of likely N-dealkylation sites (tertiary alicyclic amines) is 1. The van der Waals surface area contributed by atoms with Crippen LogP contribution in [0.1, 0.15) is 25.3 Å². The Balaban J connectivity index is 1.64. The number of nitriles is 1. The van der Waals surface area contributed by atoms with Crippen LogP contribution in [0, 0.1) is 11.3 Å². The zero-order valence-corrected chi connectivity index (χ0v) is 17.5. The Morgan fingerprint density at radius 3 is 2.63 bits per heavy atom. The summed E-state index contributed by atoms with van der Waals surface area (Å²) in [4.78, 5) is 14.3. The first kappa shape index (κ1) is 21.3. The third-order valence-electron chi connectivity index (χ3n) is 4.63. The van der Waals surface area contributed by atoms with Crippen molar-refractivity contribution < 1.29 is 17.9 Å². The van der Waals surface area contributed by atoms with Crippen LogP contribution < -0.4 is 10.1 Å². The van der Waals surface area contributed by atoms with E-state index in [9.17, 15) is 13.2 Å². The molecule has 1 amide bonds. The molecule has 8 nitrogen and oxygen atoms in total. The fourth-order valence-corrected chi connectivity index (χ4v) is 4.05. The van der Waals surface area contributed by atoms with Crippen LogP contribution in [0.4, 0.5) is 5.69 Å². The Hall–Kier alpha value is -3.38. The summed E-state index contributed by atoms with van der Waals surface area (Å²) in [5, 5.41) is 11.6. The van der Waals surface area contributed by atoms with Gasteiger partial charge in [-0.3, -0.25) is 4.79 Å². The molecule has 1 fully saturated rings. The van der Waals surface area contributed by atoms with Crippen molar-refractivity contribution >= 4 is 27.5 Å². The van der Waals surface area contributed by atoms with E-state index in [-0.39, 0.29) is 4.90 Å². The molecule has 2 aromatic rings. The zero-order chi connectivity index (χ0) is 21.7. The first-order chi connectivity index (χ1) is 14.3. The van der Waals surface area contributed by atoms with Gasteiger partial charge in [0.1, 0.15) is 11.6 Å². The van der Waals surface area contributed by atoms with E-state index in [2.05, 4.69) is 9.71 Å². The second-order valence-electron chi connectivity index (χ2n) is 6.92. The highest BCUT2D eigenvalue weighted by Crippen LogP contribution is 2.20. The van der Waals surface area contributed by atoms with Crippen molar-refractivity contribution in [2.24, 2.45) is 4.40 Å². The number of amidine groups is 1. The molecular formula is C21H22N4O4S. The van der Waals surface area contributed by atoms with Crippen molar-refractivity contribution in [3.63, 3.8) is 0 Å². The number of rotatable bonds is 6. The summed E-state index contributed by atoms with van der Waals surface area (Å²) in [6.07, 6.45) is 0.710. The number of amides is 1. The van der Waals surface area contributed by atoms with E-state index in [1.807, 2.05) is 18.0 Å². The second kappa shape index (κ2) is 8.97. The summed E-state index contributed by atoms with van der Waals surface area (Å²) in [7, 11) is -1.98. The number of nitrogens with one attached hydrogen (secondary N) is 1. The minimum atomic E-state index is -3.80. The number of hydrogen-bond donors (Lipinski definition) is 1. The van der Waals surface area contributed by atoms with E-state index >= 15 is 0 Å². The van der Waals surface area contributed by atoms with Gasteiger partial charge >= 0.3 is 0 Å². The number of benzene rings is 2. The van der Waals surface area contributed by atoms with E-state index in [0.717, 1.165) is 13.0 Å². The van der Waals surface area contributed by atoms with Crippen molar-refractivity contribution in [2.75, 3.05) is 18.9 Å². The van der Waals surface area contributed by atoms with Crippen LogP contribution in [0.15, 0.2) is 57.8 Å². The molecule has 1 heterocycles. The smallest absolute Gasteiger partial charge is 0.283 e. The predicted octanol–water partition coefficient (Wildman–Crippen LogP) is 2.78. The summed E-state index contributed by atoms with van der Waals surface area (Å²) in [6.45, 7) is 2.38. The molecule has 3 rings (SSSR count). The summed E-state index contributed by atoms with van der Waals surface area (Å²) >= 11 is 0. The lowest BCUT2D eigenvalue weighted by Gasteiger charge is -2.15. The van der Waals surface area contributed by atoms with Gasteiger partial charge in [0.2, 0.25) is 0 Å². The average molecular weight is 426 g/mol. The summed E-state index contributed by atoms with van der Waals surface area (Å²) in [5.41, 5.74) is 0.870. The summed E-state index contributed by atoms with van der Waals surface area (Å²) in [6, 6.07) is 14.4. The lowest BCUT2D eigenvalue weighted by Crippen LogP contribution is -2.30. The largest absolute Gasteiger partial charge is 0.481 e. The first-order valence-electron chi connectivity index (χ1n) is 9.41. The van der Waals surface area contributed by atoms with Gasteiger partial charge in [0.05, 0.1) is 16.5 Å². The molecule has 0 aliphatic carbocycles. The molecule has 30 heavy (non-hydrogen) atoms. The fraction of sp³-hybridized carbons (Fsp3) is 0.286. The number of carbonyl (C=O) groups is 1. The standard InChI is InChI=1S/C21H22N4O4S/c1-15(29-18-6-3-5-16(13-18)14-22)21(26)23-17-8-10-19(11-9-17)30(27,28)24-20-7-4-12-25(20)2/h3,5-6,8-11,13,15H,4,7,12H2,1-2H3,(H,23,26)/b24-20-. The molecule has 1 atom stereocenters. The molecule has 156 valence electrons. The summed E-state index contributed by atoms with van der Waals surface area (Å²) < 4.78 is 34.5. The predicted molar refractivity (Wildman–Crippen MR) is 113 cm³/mol. The second-order valence-corrected chi connectivity index (χ2v) is 8.53. The number of nitrogens with zero attached hydrogens (tertiary/aromatic N) is 3. The van der Waals surface area contributed by atoms with Crippen molar-refractivity contribution in [1.82, 2.24) is 4.90 Å². The minimum Gasteiger partial charge on any atom is -0.481 e. The lowest BCUT2D eigenvalue weighted by molar-refractivity contribution is -0.122. The van der Waals surface area contributed by atoms with E-state index in [4.69, 9.17) is 10.00 Å². The van der Waals surface area contributed by atoms with Gasteiger partial charge in [0.25, 0.3) is 15.9 Å². The SMILES string of the molecule is CC(Oc1cccc(C#N)c1)C(=O)Nc1ccc(S(=O)(=O)/N=C2/CCCN2C)cc1. The Labute approximate surface area is 175 Å². The van der Waals surface area contributed by atoms with Crippen LogP contribution in [0.25, 0.3) is 0 Å². The van der Waals surface area contributed by atoms with Gasteiger partial charge in [0, 0.05) is 25.7 Å². The van der Waals surface area contributed by atoms with E-state index in [1.54, 1.807) is 31.2 Å². The zero-order valence-electron chi connectivity index (χ0n) is 16.7. The van der Waals surface area contributed by atoms with Crippen molar-refractivity contribution in [1.29, 1.82) is 5.26 Å². The highest BCUT2D eigenvalue weighted by molar-refractivity contribution is 7.90. The Kier molecular flexibility index (Phi) is 6.37. The van der Waals surface area contributed by atoms with Crippen LogP contribution >= 0.6 is 0 Å². The van der Waals surface area contributed by atoms with E-state index in [1.165, 1.54) is 24.3 Å². The molecule has 2 aromatic carbocycles. The molecule has 0 bridgehead atoms. The van der Waals surface area contributed by atoms with Gasteiger partial charge in [-0.25, -0.2) is 0 Å². The van der Waals surface area contributed by atoms with Crippen LogP contribution in [0.3, 0.4) is 0 Å². The lowest BCUT2D eigenvalue weighted by atomic mass is 10.2. The minimum absolute atomic E-state index is 0.0610. The van der Waals surface area contributed by atoms with Crippen molar-refractivity contribution in [2.45, 2.75) is 30.8 Å². The number of carbonyl (C=O) groups excluding carboxylic acids is 1. The summed E-state index contributed by atoms with van der Waals surface area (Å²) in [5.74, 6) is 0.564. The monoisotopic (exact) mass is 426 g/mol. The van der Waals surface area contributed by atoms with Crippen LogP contribution in [0.5, 0.6) is 5.75 Å². The van der Waals surface area contributed by atoms with E-state index < -0.39 is 22.0 Å². The molecule has 1 aliphatic heterocycles. The van der Waals surface area contributed by atoms with Gasteiger partial charge < -0.3 is 15.0 Å². The Bertz CT molecular complexity index is 1100. The maximum atomic E-state index is 12.5. The van der Waals surface area contributed by atoms with Gasteiger partial charge in [-0.1, -0.05) is 6.07 Å². The fourth-order valence-electron chi connectivity index (χ4n) is 2.95. The highest BCUT2D eigenvalue weighted by atomic mass is 32.2. The Morgan fingerprint density at radius 2 is 2.00 bits per heavy atom. The van der Waals surface area contributed by atoms with Gasteiger partial charge in [-0.2, -0.15) is 13.7 Å². The quantitative estimate of drug-likeness (QED) is 0.760. The number of anilines is 1. The number of sulfonamides is 1. The molecule has 1 unspecified atom stereocenters. The molecular weight excluding hydrogens is 404 g/mol. The molecule has 9 heteroatoms. The molecule has 1 aliphatic rings. The average Bonchev–Trinajstić information content (AvgIpc) is 3.12. The number of hydrogen-bond acceptors (Lipinski definition) is 5. The van der Waals surface area contributed by atoms with Gasteiger partial charge in [0.15, 0.2) is 6.10 Å². The van der Waals surface area contributed by atoms with Gasteiger partial charge in [-0.05, 0) is 55.8 Å². The molecule has 0 saturated carbocycles. The van der Waals surface area contributed by atoms with Crippen LogP contribution in [0.2, 0.25) is 0 Å². The molecule has 1 N–H and O–H groups in total. The third-order valence-corrected chi connectivity index (χ3v) is 5.94. The van der Waals surface area contributed by atoms with E-state index in [0.29, 0.717) is 29.3 Å². The molecule has 0 aromatic heterocycles. The maximum Gasteiger partial charge on any atom is 0.283 e. The topological polar surface area (TPSA) is 112 Å². The number of ether oxygens (including phenoxy) is 1. The normalized spacial score (nSPS) is 16.2. The first-order valence-corrected chi connectivity index (χ1v) is 10.9. The maximum absolute atomic E-state index is 12.5. The third kappa shape index (κ3) is 5.15. The van der Waals surface area contributed by atoms with Crippen molar-refractivity contribution in [3.8, 4) is 11.8 Å². The highest BCUT2D eigenvalue weighted by Gasteiger charge is 2.21. The Morgan fingerprint density at radius 1 is 1.27 bits per heavy atom. The van der Waals surface area contributed by atoms with Crippen molar-refractivity contribution in [3.05, 3.63) is 54.1 Å². The van der Waals surface area contributed by atoms with Crippen LogP contribution in [-0.4, -0.2) is 44.8 Å². The molecule has 0 radical (unpaired) electrons. The van der Waals surface area contributed by atoms with Crippen LogP contribution in [-0.2, 0) is 14.8 Å². The van der Waals surface area contributed by atoms with Gasteiger partial charge in [-0.15, -0.1) is 4.40 Å². The molecule has 0 spiro atoms.